The minimum absolute atomic E-state index is 0.0326. The van der Waals surface area contributed by atoms with Crippen LogP contribution in [0.4, 0.5) is 0 Å². The number of carbonyl (C=O) groups excluding carboxylic acids is 1. The fourth-order valence-electron chi connectivity index (χ4n) is 2.51. The number of carboxylic acids is 1. The van der Waals surface area contributed by atoms with Gasteiger partial charge in [-0.1, -0.05) is 124 Å². The van der Waals surface area contributed by atoms with Crippen molar-refractivity contribution in [1.82, 2.24) is 0 Å². The third-order valence-electron chi connectivity index (χ3n) is 5.55. The van der Waals surface area contributed by atoms with E-state index < -0.39 is 5.97 Å². The summed E-state index contributed by atoms with van der Waals surface area (Å²) in [5, 5.41) is 8.34. The summed E-state index contributed by atoms with van der Waals surface area (Å²) < 4.78 is 10.4. The van der Waals surface area contributed by atoms with E-state index in [1.54, 1.807) is 24.3 Å². The predicted octanol–water partition coefficient (Wildman–Crippen LogP) is 11.0. The molecule has 0 heterocycles. The molecular weight excluding hydrogens is 512 g/mol. The Morgan fingerprint density at radius 1 is 0.683 bits per heavy atom. The molecule has 5 nitrogen and oxygen atoms in total. The largest absolute Gasteiger partial charge is 0.494 e. The molecule has 1 N–H and O–H groups in total. The highest BCUT2D eigenvalue weighted by atomic mass is 16.5. The Kier molecular flexibility index (Phi) is 33.0. The second-order valence-electron chi connectivity index (χ2n) is 10.3. The van der Waals surface area contributed by atoms with Crippen molar-refractivity contribution in [3.63, 3.8) is 0 Å². The van der Waals surface area contributed by atoms with E-state index in [1.807, 2.05) is 12.1 Å². The summed E-state index contributed by atoms with van der Waals surface area (Å²) in [5.74, 6) is 1.27. The lowest BCUT2D eigenvalue weighted by atomic mass is 10.1. The first-order valence-corrected chi connectivity index (χ1v) is 15.7. The molecule has 0 aromatic heterocycles. The van der Waals surface area contributed by atoms with Gasteiger partial charge in [0.2, 0.25) is 0 Å². The second kappa shape index (κ2) is 31.7. The maximum absolute atomic E-state index is 10.9. The number of unbranched alkanes of at least 4 members (excludes halogenated alkanes) is 4. The van der Waals surface area contributed by atoms with Crippen LogP contribution in [0.1, 0.15) is 136 Å². The highest BCUT2D eigenvalue weighted by molar-refractivity contribution is 5.94. The quantitative estimate of drug-likeness (QED) is 0.190. The standard InChI is InChI=1S/C11H16O.C10H10O4.C7H16.2C4H10/c1-3-4-9-12-11-7-5-10(2)6-8-11;1-7(11)8-2-4-9(5-3-8)14-6-10(12)13;1-4-5-6-7(2)3;2*1-3-4-2/h5-8H,3-4,9H2,1-2H3;2-5H,6H2,1H3,(H,12,13);7H,4-6H2,1-3H3;2*3-4H2,1-2H3. The minimum Gasteiger partial charge on any atom is -0.494 e. The average molecular weight is 575 g/mol. The van der Waals surface area contributed by atoms with E-state index in [0.717, 1.165) is 24.7 Å². The van der Waals surface area contributed by atoms with E-state index in [-0.39, 0.29) is 12.4 Å². The number of aryl methyl sites for hydroxylation is 1. The van der Waals surface area contributed by atoms with Crippen LogP contribution in [0.15, 0.2) is 48.5 Å². The van der Waals surface area contributed by atoms with Crippen molar-refractivity contribution in [1.29, 1.82) is 0 Å². The van der Waals surface area contributed by atoms with E-state index in [9.17, 15) is 9.59 Å². The first-order chi connectivity index (χ1) is 19.5. The number of carbonyl (C=O) groups is 2. The zero-order chi connectivity index (χ0) is 31.9. The van der Waals surface area contributed by atoms with Gasteiger partial charge in [0.1, 0.15) is 11.5 Å². The maximum atomic E-state index is 10.9. The van der Waals surface area contributed by atoms with Crippen LogP contribution in [0, 0.1) is 12.8 Å². The molecule has 0 aliphatic heterocycles. The molecule has 0 radical (unpaired) electrons. The monoisotopic (exact) mass is 574 g/mol. The molecule has 236 valence electrons. The van der Waals surface area contributed by atoms with Crippen LogP contribution < -0.4 is 9.47 Å². The molecule has 0 unspecified atom stereocenters. The lowest BCUT2D eigenvalue weighted by Crippen LogP contribution is -2.09. The van der Waals surface area contributed by atoms with Gasteiger partial charge in [0.05, 0.1) is 6.61 Å². The first-order valence-electron chi connectivity index (χ1n) is 15.7. The minimum atomic E-state index is -1.03. The van der Waals surface area contributed by atoms with Crippen molar-refractivity contribution >= 4 is 11.8 Å². The molecule has 2 rings (SSSR count). The van der Waals surface area contributed by atoms with Gasteiger partial charge in [-0.2, -0.15) is 0 Å². The van der Waals surface area contributed by atoms with Gasteiger partial charge in [-0.15, -0.1) is 0 Å². The molecule has 41 heavy (non-hydrogen) atoms. The number of aliphatic carboxylic acids is 1. The Labute approximate surface area is 253 Å². The number of ketones is 1. The summed E-state index contributed by atoms with van der Waals surface area (Å²) in [6, 6.07) is 14.5. The third-order valence-corrected chi connectivity index (χ3v) is 5.55. The van der Waals surface area contributed by atoms with Crippen molar-refractivity contribution < 1.29 is 24.2 Å². The summed E-state index contributed by atoms with van der Waals surface area (Å²) >= 11 is 0. The van der Waals surface area contributed by atoms with E-state index in [1.165, 1.54) is 63.9 Å². The molecule has 0 fully saturated rings. The summed E-state index contributed by atoms with van der Waals surface area (Å²) in [6.45, 7) is 21.7. The van der Waals surface area contributed by atoms with Crippen LogP contribution in [-0.4, -0.2) is 30.1 Å². The van der Waals surface area contributed by atoms with Gasteiger partial charge in [-0.25, -0.2) is 4.79 Å². The normalized spacial score (nSPS) is 9.34. The van der Waals surface area contributed by atoms with Crippen LogP contribution in [0.25, 0.3) is 0 Å². The van der Waals surface area contributed by atoms with Gasteiger partial charge in [-0.05, 0) is 62.6 Å². The van der Waals surface area contributed by atoms with E-state index in [0.29, 0.717) is 11.3 Å². The number of hydrogen-bond donors (Lipinski definition) is 1. The smallest absolute Gasteiger partial charge is 0.341 e. The molecule has 5 heteroatoms. The lowest BCUT2D eigenvalue weighted by Gasteiger charge is -2.04. The summed E-state index contributed by atoms with van der Waals surface area (Å²) in [6.07, 6.45) is 11.7. The molecule has 0 atom stereocenters. The van der Waals surface area contributed by atoms with Crippen molar-refractivity contribution in [2.24, 2.45) is 5.92 Å². The molecule has 0 aliphatic rings. The van der Waals surface area contributed by atoms with E-state index in [4.69, 9.17) is 14.6 Å². The van der Waals surface area contributed by atoms with E-state index >= 15 is 0 Å². The fraction of sp³-hybridized carbons (Fsp3) is 0.611. The molecule has 2 aromatic carbocycles. The van der Waals surface area contributed by atoms with Crippen LogP contribution in [0.5, 0.6) is 11.5 Å². The molecule has 0 aliphatic carbocycles. The Morgan fingerprint density at radius 3 is 1.46 bits per heavy atom. The van der Waals surface area contributed by atoms with Crippen LogP contribution >= 0.6 is 0 Å². The number of benzene rings is 2. The molecular formula is C36H62O5. The topological polar surface area (TPSA) is 72.8 Å². The zero-order valence-corrected chi connectivity index (χ0v) is 28.1. The Hall–Kier alpha value is -2.82. The highest BCUT2D eigenvalue weighted by Crippen LogP contribution is 2.13. The van der Waals surface area contributed by atoms with Gasteiger partial charge >= 0.3 is 5.97 Å². The molecule has 2 aromatic rings. The molecule has 0 saturated heterocycles. The van der Waals surface area contributed by atoms with Gasteiger partial charge in [0, 0.05) is 5.56 Å². The van der Waals surface area contributed by atoms with Crippen LogP contribution in [0.3, 0.4) is 0 Å². The van der Waals surface area contributed by atoms with Crippen LogP contribution in [0.2, 0.25) is 0 Å². The average Bonchev–Trinajstić information content (AvgIpc) is 2.97. The summed E-state index contributed by atoms with van der Waals surface area (Å²) in [5.41, 5.74) is 1.85. The number of rotatable bonds is 13. The maximum Gasteiger partial charge on any atom is 0.341 e. The SMILES string of the molecule is CC(=O)c1ccc(OCC(=O)O)cc1.CCCC.CCCC.CCCCC(C)C.CCCCOc1ccc(C)cc1. The Bertz CT molecular complexity index is 818. The molecule has 0 amide bonds. The Balaban J connectivity index is -0.000000483. The van der Waals surface area contributed by atoms with Crippen molar-refractivity contribution in [2.75, 3.05) is 13.2 Å². The molecule has 0 saturated carbocycles. The van der Waals surface area contributed by atoms with Crippen molar-refractivity contribution in [3.8, 4) is 11.5 Å². The lowest BCUT2D eigenvalue weighted by molar-refractivity contribution is -0.139. The summed E-state index contributed by atoms with van der Waals surface area (Å²) in [7, 11) is 0. The van der Waals surface area contributed by atoms with Crippen molar-refractivity contribution in [2.45, 2.75) is 127 Å². The second-order valence-corrected chi connectivity index (χ2v) is 10.3. The fourth-order valence-corrected chi connectivity index (χ4v) is 2.51. The number of hydrogen-bond acceptors (Lipinski definition) is 4. The predicted molar refractivity (Wildman–Crippen MR) is 177 cm³/mol. The number of ether oxygens (including phenoxy) is 2. The Morgan fingerprint density at radius 2 is 1.12 bits per heavy atom. The third kappa shape index (κ3) is 33.3. The van der Waals surface area contributed by atoms with Crippen molar-refractivity contribution in [3.05, 3.63) is 59.7 Å². The highest BCUT2D eigenvalue weighted by Gasteiger charge is 2.01. The first kappa shape index (κ1) is 42.6. The van der Waals surface area contributed by atoms with Gasteiger partial charge in [0.25, 0.3) is 0 Å². The van der Waals surface area contributed by atoms with Gasteiger partial charge < -0.3 is 14.6 Å². The molecule has 0 bridgehead atoms. The zero-order valence-electron chi connectivity index (χ0n) is 28.1. The molecule has 0 spiro atoms. The van der Waals surface area contributed by atoms with Gasteiger partial charge in [0.15, 0.2) is 12.4 Å². The number of carboxylic acid groups (broad SMARTS) is 1. The summed E-state index contributed by atoms with van der Waals surface area (Å²) in [4.78, 5) is 21.1. The number of Topliss-reactive ketones (excluding diaryl/α,β-unsaturated/α-hetero) is 1. The van der Waals surface area contributed by atoms with Gasteiger partial charge in [-0.3, -0.25) is 4.79 Å². The van der Waals surface area contributed by atoms with Crippen LogP contribution in [-0.2, 0) is 4.79 Å². The van der Waals surface area contributed by atoms with E-state index in [2.05, 4.69) is 74.4 Å².